The summed E-state index contributed by atoms with van der Waals surface area (Å²) in [7, 11) is 0. The van der Waals surface area contributed by atoms with Crippen molar-refractivity contribution >= 4 is 5.97 Å². The largest absolute Gasteiger partial charge is 0.463 e. The first-order valence-electron chi connectivity index (χ1n) is 11.0. The summed E-state index contributed by atoms with van der Waals surface area (Å²) < 4.78 is 21.0. The quantitative estimate of drug-likeness (QED) is 0.125. The van der Waals surface area contributed by atoms with Crippen LogP contribution in [0.15, 0.2) is 0 Å². The summed E-state index contributed by atoms with van der Waals surface area (Å²) in [6, 6.07) is 0. The lowest BCUT2D eigenvalue weighted by Gasteiger charge is -2.45. The predicted molar refractivity (Wildman–Crippen MR) is 106 cm³/mol. The molecule has 2 fully saturated rings. The van der Waals surface area contributed by atoms with E-state index >= 15 is 0 Å². The zero-order valence-electron chi connectivity index (χ0n) is 18.1. The molecule has 2 heterocycles. The fourth-order valence-corrected chi connectivity index (χ4v) is 3.68. The number of aliphatic hydroxyl groups excluding tert-OH is 7. The van der Waals surface area contributed by atoms with Crippen molar-refractivity contribution in [2.24, 2.45) is 0 Å². The van der Waals surface area contributed by atoms with E-state index in [2.05, 4.69) is 6.92 Å². The van der Waals surface area contributed by atoms with Crippen LogP contribution in [0.4, 0.5) is 0 Å². The Morgan fingerprint density at radius 1 is 0.812 bits per heavy atom. The second-order valence-corrected chi connectivity index (χ2v) is 8.19. The van der Waals surface area contributed by atoms with Gasteiger partial charge in [0.2, 0.25) is 0 Å². The number of hydrogen-bond donors (Lipinski definition) is 7. The van der Waals surface area contributed by atoms with Gasteiger partial charge in [0.25, 0.3) is 0 Å². The van der Waals surface area contributed by atoms with E-state index in [1.807, 2.05) is 0 Å². The van der Waals surface area contributed by atoms with E-state index < -0.39 is 80.6 Å². The molecule has 0 saturated carbocycles. The lowest BCUT2D eigenvalue weighted by atomic mass is 9.97. The molecule has 0 aromatic heterocycles. The number of rotatable bonds is 11. The Hall–Kier alpha value is -0.930. The van der Waals surface area contributed by atoms with Crippen LogP contribution in [0, 0.1) is 0 Å². The lowest BCUT2D eigenvalue weighted by Crippen LogP contribution is -2.64. The van der Waals surface area contributed by atoms with Crippen molar-refractivity contribution in [3.8, 4) is 0 Å². The summed E-state index contributed by atoms with van der Waals surface area (Å²) in [6.07, 6.45) is -10.9. The zero-order chi connectivity index (χ0) is 23.8. The van der Waals surface area contributed by atoms with Crippen molar-refractivity contribution < 1.29 is 59.5 Å². The third-order valence-corrected chi connectivity index (χ3v) is 5.69. The van der Waals surface area contributed by atoms with Gasteiger partial charge in [-0.2, -0.15) is 0 Å². The normalized spacial score (nSPS) is 40.2. The maximum absolute atomic E-state index is 11.9. The van der Waals surface area contributed by atoms with E-state index in [9.17, 15) is 40.5 Å². The molecular formula is C20H36O12. The Bertz CT molecular complexity index is 561. The maximum Gasteiger partial charge on any atom is 0.305 e. The Kier molecular flexibility index (Phi) is 11.2. The number of carbonyl (C=O) groups excluding carboxylic acids is 1. The Morgan fingerprint density at radius 2 is 1.50 bits per heavy atom. The first-order chi connectivity index (χ1) is 15.2. The molecule has 12 nitrogen and oxygen atoms in total. The highest BCUT2D eigenvalue weighted by Gasteiger charge is 2.50. The van der Waals surface area contributed by atoms with Crippen molar-refractivity contribution in [1.82, 2.24) is 0 Å². The molecule has 188 valence electrons. The summed E-state index contributed by atoms with van der Waals surface area (Å²) >= 11 is 0. The molecule has 0 aromatic rings. The van der Waals surface area contributed by atoms with Gasteiger partial charge in [-0.15, -0.1) is 0 Å². The minimum atomic E-state index is -1.76. The van der Waals surface area contributed by atoms with Gasteiger partial charge in [0, 0.05) is 6.42 Å². The van der Waals surface area contributed by atoms with Gasteiger partial charge < -0.3 is 54.7 Å². The van der Waals surface area contributed by atoms with Crippen LogP contribution in [0.25, 0.3) is 0 Å². The molecule has 2 rings (SSSR count). The summed E-state index contributed by atoms with van der Waals surface area (Å²) in [4.78, 5) is 11.9. The molecule has 0 unspecified atom stereocenters. The van der Waals surface area contributed by atoms with Crippen LogP contribution in [0.5, 0.6) is 0 Å². The molecule has 0 bridgehead atoms. The van der Waals surface area contributed by atoms with Gasteiger partial charge in [0.1, 0.15) is 55.4 Å². The highest BCUT2D eigenvalue weighted by Crippen LogP contribution is 2.28. The average Bonchev–Trinajstić information content (AvgIpc) is 2.78. The van der Waals surface area contributed by atoms with Crippen molar-refractivity contribution in [2.75, 3.05) is 13.2 Å². The summed E-state index contributed by atoms with van der Waals surface area (Å²) in [5.74, 6) is -0.496. The summed E-state index contributed by atoms with van der Waals surface area (Å²) in [5.41, 5.74) is 0. The van der Waals surface area contributed by atoms with Crippen LogP contribution in [0.2, 0.25) is 0 Å². The standard InChI is InChI=1S/C20H36O12/c1-2-3-4-5-6-7-12(22)29-9-11-13(23)14(24)17(27)20(31-11)32-18-10(8-21)30-19(28)16(26)15(18)25/h10-11,13-21,23-28H,2-9H2,1H3/t10-,11-,13-,14+,15-,16-,17-,18-,19-,20+/m1/s1. The van der Waals surface area contributed by atoms with Crippen molar-refractivity contribution in [3.63, 3.8) is 0 Å². The second-order valence-electron chi connectivity index (χ2n) is 8.19. The number of ether oxygens (including phenoxy) is 4. The van der Waals surface area contributed by atoms with Crippen molar-refractivity contribution in [3.05, 3.63) is 0 Å². The third kappa shape index (κ3) is 7.03. The zero-order valence-corrected chi connectivity index (χ0v) is 18.1. The Balaban J connectivity index is 1.92. The molecule has 2 aliphatic heterocycles. The van der Waals surface area contributed by atoms with Crippen LogP contribution in [0.1, 0.15) is 45.4 Å². The van der Waals surface area contributed by atoms with E-state index in [-0.39, 0.29) is 6.42 Å². The maximum atomic E-state index is 11.9. The fraction of sp³-hybridized carbons (Fsp3) is 0.950. The van der Waals surface area contributed by atoms with Gasteiger partial charge in [-0.3, -0.25) is 4.79 Å². The van der Waals surface area contributed by atoms with Crippen LogP contribution in [0.3, 0.4) is 0 Å². The van der Waals surface area contributed by atoms with E-state index in [4.69, 9.17) is 18.9 Å². The van der Waals surface area contributed by atoms with Crippen molar-refractivity contribution in [2.45, 2.75) is 107 Å². The van der Waals surface area contributed by atoms with E-state index in [0.717, 1.165) is 25.7 Å². The molecule has 2 aliphatic rings. The topological polar surface area (TPSA) is 196 Å². The molecular weight excluding hydrogens is 432 g/mol. The number of esters is 1. The molecule has 0 spiro atoms. The average molecular weight is 468 g/mol. The second kappa shape index (κ2) is 13.1. The highest BCUT2D eigenvalue weighted by atomic mass is 16.7. The minimum absolute atomic E-state index is 0.196. The first-order valence-corrected chi connectivity index (χ1v) is 11.0. The molecule has 7 N–H and O–H groups in total. The number of unbranched alkanes of at least 4 members (excludes halogenated alkanes) is 4. The fourth-order valence-electron chi connectivity index (χ4n) is 3.68. The molecule has 2 saturated heterocycles. The van der Waals surface area contributed by atoms with Gasteiger partial charge in [0.05, 0.1) is 6.61 Å². The van der Waals surface area contributed by atoms with Gasteiger partial charge in [-0.1, -0.05) is 32.6 Å². The van der Waals surface area contributed by atoms with E-state index in [1.54, 1.807) is 0 Å². The number of aliphatic hydroxyl groups is 7. The minimum Gasteiger partial charge on any atom is -0.463 e. The van der Waals surface area contributed by atoms with E-state index in [0.29, 0.717) is 6.42 Å². The molecule has 12 heteroatoms. The molecule has 10 atom stereocenters. The monoisotopic (exact) mass is 468 g/mol. The smallest absolute Gasteiger partial charge is 0.305 e. The molecule has 0 aliphatic carbocycles. The van der Waals surface area contributed by atoms with Crippen LogP contribution in [-0.2, 0) is 23.7 Å². The van der Waals surface area contributed by atoms with Crippen LogP contribution < -0.4 is 0 Å². The SMILES string of the molecule is CCCCCCCC(=O)OC[C@H]1O[C@@H](O[C@H]2[C@H](O)[C@@H](O)[C@H](O)O[C@@H]2CO)[C@H](O)[C@@H](O)[C@@H]1O. The Labute approximate surface area is 186 Å². The number of hydrogen-bond acceptors (Lipinski definition) is 12. The third-order valence-electron chi connectivity index (χ3n) is 5.69. The molecule has 0 aromatic carbocycles. The Morgan fingerprint density at radius 3 is 2.16 bits per heavy atom. The van der Waals surface area contributed by atoms with Crippen molar-refractivity contribution in [1.29, 1.82) is 0 Å². The van der Waals surface area contributed by atoms with Gasteiger partial charge in [0.15, 0.2) is 12.6 Å². The van der Waals surface area contributed by atoms with Crippen LogP contribution >= 0.6 is 0 Å². The van der Waals surface area contributed by atoms with Gasteiger partial charge in [-0.05, 0) is 6.42 Å². The number of carbonyl (C=O) groups is 1. The summed E-state index contributed by atoms with van der Waals surface area (Å²) in [5, 5.41) is 69.5. The molecule has 0 radical (unpaired) electrons. The van der Waals surface area contributed by atoms with Gasteiger partial charge >= 0.3 is 5.97 Å². The van der Waals surface area contributed by atoms with Gasteiger partial charge in [-0.25, -0.2) is 0 Å². The summed E-state index contributed by atoms with van der Waals surface area (Å²) in [6.45, 7) is 0.982. The molecule has 32 heavy (non-hydrogen) atoms. The predicted octanol–water partition coefficient (Wildman–Crippen LogP) is -2.49. The van der Waals surface area contributed by atoms with E-state index in [1.165, 1.54) is 0 Å². The first kappa shape index (κ1) is 27.3. The lowest BCUT2D eigenvalue weighted by molar-refractivity contribution is -0.355. The van der Waals surface area contributed by atoms with Crippen LogP contribution in [-0.4, -0.2) is 116 Å². The molecule has 0 amide bonds. The highest BCUT2D eigenvalue weighted by molar-refractivity contribution is 5.69.